The van der Waals surface area contributed by atoms with Gasteiger partial charge in [-0.05, 0) is 52.8 Å². The molecule has 0 spiro atoms. The van der Waals surface area contributed by atoms with Crippen molar-refractivity contribution in [2.75, 3.05) is 4.90 Å². The molecule has 1 fully saturated rings. The van der Waals surface area contributed by atoms with Crippen molar-refractivity contribution in [3.63, 3.8) is 0 Å². The molecule has 22 heavy (non-hydrogen) atoms. The van der Waals surface area contributed by atoms with Gasteiger partial charge in [-0.25, -0.2) is 4.79 Å². The van der Waals surface area contributed by atoms with Crippen LogP contribution in [0.1, 0.15) is 41.0 Å². The van der Waals surface area contributed by atoms with Gasteiger partial charge in [0.05, 0.1) is 10.0 Å². The zero-order valence-corrected chi connectivity index (χ0v) is 15.0. The first-order valence-corrected chi connectivity index (χ1v) is 8.04. The molecule has 2 rings (SSSR count). The van der Waals surface area contributed by atoms with Crippen LogP contribution in [-0.2, 0) is 0 Å². The van der Waals surface area contributed by atoms with Crippen molar-refractivity contribution in [2.24, 2.45) is 0 Å². The van der Waals surface area contributed by atoms with Crippen molar-refractivity contribution in [1.82, 2.24) is 4.90 Å². The van der Waals surface area contributed by atoms with Gasteiger partial charge in [-0.2, -0.15) is 0 Å². The summed E-state index contributed by atoms with van der Waals surface area (Å²) in [4.78, 5) is 16.2. The van der Waals surface area contributed by atoms with E-state index in [-0.39, 0.29) is 12.1 Å². The average molecular weight is 345 g/mol. The number of halogens is 2. The molecule has 0 bridgehead atoms. The molecule has 1 saturated heterocycles. The van der Waals surface area contributed by atoms with E-state index in [0.717, 1.165) is 0 Å². The molecule has 6 heteroatoms. The average Bonchev–Trinajstić information content (AvgIpc) is 2.29. The molecule has 1 aromatic carbocycles. The Hall–Kier alpha value is -0.970. The van der Waals surface area contributed by atoms with E-state index in [1.54, 1.807) is 30.0 Å². The number of amides is 2. The maximum Gasteiger partial charge on any atom is 0.327 e. The monoisotopic (exact) mass is 344 g/mol. The summed E-state index contributed by atoms with van der Waals surface area (Å²) in [7, 11) is 0. The van der Waals surface area contributed by atoms with Gasteiger partial charge in [0.1, 0.15) is 5.72 Å². The van der Waals surface area contributed by atoms with Crippen molar-refractivity contribution >= 4 is 34.9 Å². The standard InChI is InChI=1S/C16H22Cl2N2O2/c1-10(2)19-14(21)20(16(5,22)9-15(19,3)4)11-6-7-12(17)13(18)8-11/h6-8,10,22H,9H2,1-5H3. The van der Waals surface area contributed by atoms with Gasteiger partial charge in [0.2, 0.25) is 0 Å². The Morgan fingerprint density at radius 2 is 1.77 bits per heavy atom. The van der Waals surface area contributed by atoms with E-state index in [1.807, 2.05) is 27.7 Å². The molecule has 0 saturated carbocycles. The third kappa shape index (κ3) is 2.92. The number of anilines is 1. The smallest absolute Gasteiger partial charge is 0.327 e. The maximum atomic E-state index is 13.0. The third-order valence-electron chi connectivity index (χ3n) is 3.98. The lowest BCUT2D eigenvalue weighted by atomic mass is 9.86. The lowest BCUT2D eigenvalue weighted by Gasteiger charge is -2.55. The minimum absolute atomic E-state index is 0.0175. The predicted octanol–water partition coefficient (Wildman–Crippen LogP) is 4.52. The summed E-state index contributed by atoms with van der Waals surface area (Å²) < 4.78 is 0. The van der Waals surface area contributed by atoms with Crippen LogP contribution in [0.2, 0.25) is 10.0 Å². The Balaban J connectivity index is 2.53. The highest BCUT2D eigenvalue weighted by atomic mass is 35.5. The molecule has 1 aliphatic rings. The molecule has 1 aromatic rings. The van der Waals surface area contributed by atoms with Crippen molar-refractivity contribution in [1.29, 1.82) is 0 Å². The molecule has 1 unspecified atom stereocenters. The van der Waals surface area contributed by atoms with Gasteiger partial charge in [-0.3, -0.25) is 4.90 Å². The number of rotatable bonds is 2. The van der Waals surface area contributed by atoms with E-state index in [0.29, 0.717) is 22.2 Å². The highest BCUT2D eigenvalue weighted by Crippen LogP contribution is 2.41. The molecule has 4 nitrogen and oxygen atoms in total. The molecule has 1 aliphatic heterocycles. The molecule has 1 N–H and O–H groups in total. The summed E-state index contributed by atoms with van der Waals surface area (Å²) in [5.41, 5.74) is -1.21. The van der Waals surface area contributed by atoms with Gasteiger partial charge < -0.3 is 10.0 Å². The molecular formula is C16H22Cl2N2O2. The Morgan fingerprint density at radius 1 is 1.18 bits per heavy atom. The number of hydrogen-bond donors (Lipinski definition) is 1. The van der Waals surface area contributed by atoms with Crippen LogP contribution in [0.3, 0.4) is 0 Å². The number of hydrogen-bond acceptors (Lipinski definition) is 2. The van der Waals surface area contributed by atoms with Gasteiger partial charge in [0.15, 0.2) is 0 Å². The molecule has 2 amide bonds. The molecule has 122 valence electrons. The Labute approximate surface area is 141 Å². The number of aliphatic hydroxyl groups is 1. The van der Waals surface area contributed by atoms with Gasteiger partial charge in [-0.1, -0.05) is 23.2 Å². The van der Waals surface area contributed by atoms with Crippen LogP contribution >= 0.6 is 23.2 Å². The van der Waals surface area contributed by atoms with Crippen LogP contribution in [-0.4, -0.2) is 33.3 Å². The lowest BCUT2D eigenvalue weighted by Crippen LogP contribution is -2.69. The van der Waals surface area contributed by atoms with Gasteiger partial charge >= 0.3 is 6.03 Å². The minimum Gasteiger partial charge on any atom is -0.371 e. The molecule has 1 heterocycles. The first-order valence-electron chi connectivity index (χ1n) is 7.28. The van der Waals surface area contributed by atoms with Crippen molar-refractivity contribution in [2.45, 2.75) is 58.3 Å². The van der Waals surface area contributed by atoms with E-state index in [1.165, 1.54) is 4.90 Å². The summed E-state index contributed by atoms with van der Waals surface area (Å²) in [6.07, 6.45) is 0.421. The van der Waals surface area contributed by atoms with Crippen molar-refractivity contribution in [3.05, 3.63) is 28.2 Å². The topological polar surface area (TPSA) is 43.8 Å². The fraction of sp³-hybridized carbons (Fsp3) is 0.562. The summed E-state index contributed by atoms with van der Waals surface area (Å²) in [5.74, 6) is 0. The van der Waals surface area contributed by atoms with Crippen LogP contribution in [0, 0.1) is 0 Å². The largest absolute Gasteiger partial charge is 0.371 e. The maximum absolute atomic E-state index is 13.0. The lowest BCUT2D eigenvalue weighted by molar-refractivity contribution is -0.0334. The molecule has 0 radical (unpaired) electrons. The predicted molar refractivity (Wildman–Crippen MR) is 90.6 cm³/mol. The second-order valence-corrected chi connectivity index (χ2v) is 7.70. The number of nitrogens with zero attached hydrogens (tertiary/aromatic N) is 2. The number of benzene rings is 1. The molecule has 0 aliphatic carbocycles. The second kappa shape index (κ2) is 5.59. The zero-order chi connectivity index (χ0) is 16.9. The van der Waals surface area contributed by atoms with E-state index in [2.05, 4.69) is 0 Å². The third-order valence-corrected chi connectivity index (χ3v) is 4.72. The number of carbonyl (C=O) groups excluding carboxylic acids is 1. The molecular weight excluding hydrogens is 323 g/mol. The number of urea groups is 1. The van der Waals surface area contributed by atoms with Crippen LogP contribution < -0.4 is 4.90 Å². The van der Waals surface area contributed by atoms with E-state index >= 15 is 0 Å². The van der Waals surface area contributed by atoms with Crippen molar-refractivity contribution < 1.29 is 9.90 Å². The Morgan fingerprint density at radius 3 is 2.27 bits per heavy atom. The minimum atomic E-state index is -1.30. The SMILES string of the molecule is CC(C)N1C(=O)N(c2ccc(Cl)c(Cl)c2)C(C)(O)CC1(C)C. The zero-order valence-electron chi connectivity index (χ0n) is 13.5. The van der Waals surface area contributed by atoms with E-state index in [4.69, 9.17) is 23.2 Å². The van der Waals surface area contributed by atoms with Crippen molar-refractivity contribution in [3.8, 4) is 0 Å². The summed E-state index contributed by atoms with van der Waals surface area (Å²) in [6.45, 7) is 9.50. The van der Waals surface area contributed by atoms with Crippen LogP contribution in [0.25, 0.3) is 0 Å². The molecule has 1 atom stereocenters. The van der Waals surface area contributed by atoms with Gasteiger partial charge in [0, 0.05) is 23.7 Å². The second-order valence-electron chi connectivity index (χ2n) is 6.89. The molecule has 0 aromatic heterocycles. The quantitative estimate of drug-likeness (QED) is 0.856. The fourth-order valence-corrected chi connectivity index (χ4v) is 3.78. The Bertz CT molecular complexity index is 600. The van der Waals surface area contributed by atoms with Crippen LogP contribution in [0.4, 0.5) is 10.5 Å². The van der Waals surface area contributed by atoms with E-state index < -0.39 is 11.3 Å². The summed E-state index contributed by atoms with van der Waals surface area (Å²) >= 11 is 12.0. The van der Waals surface area contributed by atoms with Crippen LogP contribution in [0.5, 0.6) is 0 Å². The summed E-state index contributed by atoms with van der Waals surface area (Å²) in [5, 5.41) is 11.6. The van der Waals surface area contributed by atoms with Gasteiger partial charge in [0.25, 0.3) is 0 Å². The highest BCUT2D eigenvalue weighted by Gasteiger charge is 2.51. The highest BCUT2D eigenvalue weighted by molar-refractivity contribution is 6.42. The van der Waals surface area contributed by atoms with Gasteiger partial charge in [-0.15, -0.1) is 0 Å². The summed E-state index contributed by atoms with van der Waals surface area (Å²) in [6, 6.07) is 4.70. The van der Waals surface area contributed by atoms with E-state index in [9.17, 15) is 9.90 Å². The fourth-order valence-electron chi connectivity index (χ4n) is 3.49. The Kier molecular flexibility index (Phi) is 4.42. The normalized spacial score (nSPS) is 25.0. The first kappa shape index (κ1) is 17.4. The first-order chi connectivity index (χ1) is 9.97. The van der Waals surface area contributed by atoms with Crippen LogP contribution in [0.15, 0.2) is 18.2 Å². The number of carbonyl (C=O) groups is 1.